The molecule has 3 heteroatoms. The van der Waals surface area contributed by atoms with E-state index in [-0.39, 0.29) is 6.10 Å². The average Bonchev–Trinajstić information content (AvgIpc) is 2.15. The van der Waals surface area contributed by atoms with Gasteiger partial charge in [-0.2, -0.15) is 0 Å². The molecule has 0 radical (unpaired) electrons. The molecular weight excluding hydrogens is 178 g/mol. The molecule has 86 valence electrons. The SMILES string of the molecule is COCC(NC(C)C(C)OC)C(C)C. The van der Waals surface area contributed by atoms with E-state index in [0.29, 0.717) is 18.0 Å². The van der Waals surface area contributed by atoms with E-state index in [0.717, 1.165) is 6.61 Å². The second kappa shape index (κ2) is 7.21. The first kappa shape index (κ1) is 13.9. The Kier molecular flexibility index (Phi) is 7.15. The highest BCUT2D eigenvalue weighted by Gasteiger charge is 2.18. The molecule has 3 unspecified atom stereocenters. The van der Waals surface area contributed by atoms with Crippen LogP contribution in [0.25, 0.3) is 0 Å². The Bertz CT molecular complexity index is 139. The molecule has 0 amide bonds. The van der Waals surface area contributed by atoms with Crippen LogP contribution in [0.4, 0.5) is 0 Å². The van der Waals surface area contributed by atoms with Gasteiger partial charge in [-0.05, 0) is 19.8 Å². The van der Waals surface area contributed by atoms with Crippen LogP contribution in [0.15, 0.2) is 0 Å². The Morgan fingerprint density at radius 2 is 1.64 bits per heavy atom. The van der Waals surface area contributed by atoms with Crippen LogP contribution >= 0.6 is 0 Å². The van der Waals surface area contributed by atoms with Gasteiger partial charge in [0.2, 0.25) is 0 Å². The molecule has 0 bridgehead atoms. The summed E-state index contributed by atoms with van der Waals surface area (Å²) in [7, 11) is 3.48. The van der Waals surface area contributed by atoms with Gasteiger partial charge in [-0.25, -0.2) is 0 Å². The highest BCUT2D eigenvalue weighted by atomic mass is 16.5. The van der Waals surface area contributed by atoms with Crippen molar-refractivity contribution in [2.45, 2.75) is 45.9 Å². The molecule has 0 spiro atoms. The third kappa shape index (κ3) is 4.94. The van der Waals surface area contributed by atoms with E-state index in [1.165, 1.54) is 0 Å². The molecule has 14 heavy (non-hydrogen) atoms. The predicted molar refractivity (Wildman–Crippen MR) is 59.6 cm³/mol. The van der Waals surface area contributed by atoms with E-state index < -0.39 is 0 Å². The molecule has 0 fully saturated rings. The van der Waals surface area contributed by atoms with Crippen LogP contribution in [-0.2, 0) is 9.47 Å². The fourth-order valence-electron chi connectivity index (χ4n) is 1.29. The zero-order valence-electron chi connectivity index (χ0n) is 10.3. The number of nitrogens with one attached hydrogen (secondary N) is 1. The van der Waals surface area contributed by atoms with E-state index in [4.69, 9.17) is 9.47 Å². The third-order valence-electron chi connectivity index (χ3n) is 2.70. The van der Waals surface area contributed by atoms with Gasteiger partial charge in [0.15, 0.2) is 0 Å². The molecule has 0 saturated carbocycles. The van der Waals surface area contributed by atoms with Crippen LogP contribution in [0.2, 0.25) is 0 Å². The summed E-state index contributed by atoms with van der Waals surface area (Å²) in [4.78, 5) is 0. The Hall–Kier alpha value is -0.120. The molecule has 0 aromatic carbocycles. The Morgan fingerprint density at radius 1 is 1.07 bits per heavy atom. The molecule has 0 aromatic heterocycles. The third-order valence-corrected chi connectivity index (χ3v) is 2.70. The fraction of sp³-hybridized carbons (Fsp3) is 1.00. The van der Waals surface area contributed by atoms with Gasteiger partial charge in [0.05, 0.1) is 12.7 Å². The molecule has 0 saturated heterocycles. The summed E-state index contributed by atoms with van der Waals surface area (Å²) in [5, 5.41) is 3.52. The van der Waals surface area contributed by atoms with Gasteiger partial charge >= 0.3 is 0 Å². The van der Waals surface area contributed by atoms with Gasteiger partial charge in [0, 0.05) is 26.3 Å². The summed E-state index contributed by atoms with van der Waals surface area (Å²) in [5.41, 5.74) is 0. The minimum absolute atomic E-state index is 0.230. The van der Waals surface area contributed by atoms with Crippen molar-refractivity contribution in [3.63, 3.8) is 0 Å². The Balaban J connectivity index is 4.01. The molecule has 0 aliphatic rings. The zero-order valence-corrected chi connectivity index (χ0v) is 10.3. The first-order valence-electron chi connectivity index (χ1n) is 5.30. The van der Waals surface area contributed by atoms with Gasteiger partial charge in [0.25, 0.3) is 0 Å². The second-order valence-electron chi connectivity index (χ2n) is 4.20. The molecule has 3 nitrogen and oxygen atoms in total. The number of methoxy groups -OCH3 is 2. The van der Waals surface area contributed by atoms with Crippen molar-refractivity contribution in [2.75, 3.05) is 20.8 Å². The van der Waals surface area contributed by atoms with Crippen molar-refractivity contribution in [3.8, 4) is 0 Å². The quantitative estimate of drug-likeness (QED) is 0.683. The lowest BCUT2D eigenvalue weighted by Gasteiger charge is -2.28. The van der Waals surface area contributed by atoms with Crippen molar-refractivity contribution >= 4 is 0 Å². The van der Waals surface area contributed by atoms with Crippen LogP contribution in [0.1, 0.15) is 27.7 Å². The Labute approximate surface area is 88.2 Å². The molecule has 0 rings (SSSR count). The maximum absolute atomic E-state index is 5.27. The normalized spacial score (nSPS) is 18.2. The highest BCUT2D eigenvalue weighted by Crippen LogP contribution is 2.05. The fourth-order valence-corrected chi connectivity index (χ4v) is 1.29. The summed E-state index contributed by atoms with van der Waals surface area (Å²) < 4.78 is 10.4. The van der Waals surface area contributed by atoms with E-state index in [1.807, 2.05) is 0 Å². The van der Waals surface area contributed by atoms with E-state index in [2.05, 4.69) is 33.0 Å². The molecular formula is C11H25NO2. The van der Waals surface area contributed by atoms with E-state index >= 15 is 0 Å². The van der Waals surface area contributed by atoms with Gasteiger partial charge < -0.3 is 14.8 Å². The van der Waals surface area contributed by atoms with Gasteiger partial charge in [0.1, 0.15) is 0 Å². The maximum Gasteiger partial charge on any atom is 0.0693 e. The van der Waals surface area contributed by atoms with Crippen LogP contribution in [0.3, 0.4) is 0 Å². The second-order valence-corrected chi connectivity index (χ2v) is 4.20. The summed E-state index contributed by atoms with van der Waals surface area (Å²) in [5.74, 6) is 0.571. The maximum atomic E-state index is 5.27. The molecule has 1 N–H and O–H groups in total. The standard InChI is InChI=1S/C11H25NO2/c1-8(2)11(7-13-5)12-9(3)10(4)14-6/h8-12H,7H2,1-6H3. The lowest BCUT2D eigenvalue weighted by molar-refractivity contribution is 0.0695. The van der Waals surface area contributed by atoms with Crippen molar-refractivity contribution < 1.29 is 9.47 Å². The number of hydrogen-bond acceptors (Lipinski definition) is 3. The monoisotopic (exact) mass is 203 g/mol. The first-order chi connectivity index (χ1) is 6.52. The molecule has 3 atom stereocenters. The van der Waals surface area contributed by atoms with Gasteiger partial charge in [-0.1, -0.05) is 13.8 Å². The van der Waals surface area contributed by atoms with E-state index in [1.54, 1.807) is 14.2 Å². The lowest BCUT2D eigenvalue weighted by atomic mass is 10.0. The highest BCUT2D eigenvalue weighted by molar-refractivity contribution is 4.77. The average molecular weight is 203 g/mol. The summed E-state index contributed by atoms with van der Waals surface area (Å²) >= 11 is 0. The summed E-state index contributed by atoms with van der Waals surface area (Å²) in [6.45, 7) is 9.35. The van der Waals surface area contributed by atoms with Gasteiger partial charge in [-0.15, -0.1) is 0 Å². The van der Waals surface area contributed by atoms with Crippen LogP contribution in [-0.4, -0.2) is 39.0 Å². The molecule has 0 aliphatic heterocycles. The summed E-state index contributed by atoms with van der Waals surface area (Å²) in [6, 6.07) is 0.746. The van der Waals surface area contributed by atoms with Gasteiger partial charge in [-0.3, -0.25) is 0 Å². The predicted octanol–water partition coefficient (Wildman–Crippen LogP) is 1.67. The smallest absolute Gasteiger partial charge is 0.0693 e. The minimum atomic E-state index is 0.230. The molecule has 0 aromatic rings. The zero-order chi connectivity index (χ0) is 11.1. The number of ether oxygens (including phenoxy) is 2. The molecule has 0 aliphatic carbocycles. The first-order valence-corrected chi connectivity index (χ1v) is 5.30. The van der Waals surface area contributed by atoms with Crippen LogP contribution < -0.4 is 5.32 Å². The van der Waals surface area contributed by atoms with Crippen LogP contribution in [0.5, 0.6) is 0 Å². The molecule has 0 heterocycles. The summed E-state index contributed by atoms with van der Waals surface area (Å²) in [6.07, 6.45) is 0.230. The topological polar surface area (TPSA) is 30.5 Å². The van der Waals surface area contributed by atoms with E-state index in [9.17, 15) is 0 Å². The van der Waals surface area contributed by atoms with Crippen LogP contribution in [0, 0.1) is 5.92 Å². The number of rotatable bonds is 7. The Morgan fingerprint density at radius 3 is 2.00 bits per heavy atom. The van der Waals surface area contributed by atoms with Crippen molar-refractivity contribution in [3.05, 3.63) is 0 Å². The van der Waals surface area contributed by atoms with Crippen molar-refractivity contribution in [1.29, 1.82) is 0 Å². The largest absolute Gasteiger partial charge is 0.383 e. The van der Waals surface area contributed by atoms with Crippen molar-refractivity contribution in [2.24, 2.45) is 5.92 Å². The minimum Gasteiger partial charge on any atom is -0.383 e. The number of hydrogen-bond donors (Lipinski definition) is 1. The van der Waals surface area contributed by atoms with Crippen molar-refractivity contribution in [1.82, 2.24) is 5.32 Å². The lowest BCUT2D eigenvalue weighted by Crippen LogP contribution is -2.47.